The van der Waals surface area contributed by atoms with Gasteiger partial charge in [0.05, 0.1) is 12.1 Å². The molecule has 2 aromatic carbocycles. The van der Waals surface area contributed by atoms with Gasteiger partial charge in [0, 0.05) is 16.6 Å². The first kappa shape index (κ1) is 15.8. The van der Waals surface area contributed by atoms with Crippen molar-refractivity contribution in [2.75, 3.05) is 7.11 Å². The number of rotatable bonds is 4. The minimum Gasteiger partial charge on any atom is -0.497 e. The molecular weight excluding hydrogens is 330 g/mol. The largest absolute Gasteiger partial charge is 0.497 e. The number of amides is 1. The number of carbonyl (C=O) groups excluding carboxylic acids is 1. The standard InChI is InChI=1S/C18H16ClNO2S/c1-11-3-5-12(6-4-11)10-20-18(21)17-16(19)14-9-13(22-2)7-8-15(14)23-17/h3-9H,10H2,1-2H3,(H,20,21). The summed E-state index contributed by atoms with van der Waals surface area (Å²) < 4.78 is 6.18. The number of ether oxygens (including phenoxy) is 1. The van der Waals surface area contributed by atoms with Gasteiger partial charge in [0.2, 0.25) is 0 Å². The maximum atomic E-state index is 12.4. The lowest BCUT2D eigenvalue weighted by Crippen LogP contribution is -2.22. The maximum Gasteiger partial charge on any atom is 0.263 e. The molecule has 1 amide bonds. The van der Waals surface area contributed by atoms with Crippen molar-refractivity contribution in [1.82, 2.24) is 5.32 Å². The smallest absolute Gasteiger partial charge is 0.263 e. The number of hydrogen-bond donors (Lipinski definition) is 1. The van der Waals surface area contributed by atoms with E-state index >= 15 is 0 Å². The maximum absolute atomic E-state index is 12.4. The predicted molar refractivity (Wildman–Crippen MR) is 95.7 cm³/mol. The number of nitrogens with one attached hydrogen (secondary N) is 1. The normalized spacial score (nSPS) is 10.7. The van der Waals surface area contributed by atoms with Gasteiger partial charge >= 0.3 is 0 Å². The van der Waals surface area contributed by atoms with Crippen LogP contribution in [0.25, 0.3) is 10.1 Å². The zero-order chi connectivity index (χ0) is 16.4. The highest BCUT2D eigenvalue weighted by Crippen LogP contribution is 2.37. The molecule has 0 bridgehead atoms. The van der Waals surface area contributed by atoms with E-state index in [0.29, 0.717) is 16.4 Å². The van der Waals surface area contributed by atoms with Crippen LogP contribution >= 0.6 is 22.9 Å². The van der Waals surface area contributed by atoms with E-state index < -0.39 is 0 Å². The number of fused-ring (bicyclic) bond motifs is 1. The molecule has 3 aromatic rings. The van der Waals surface area contributed by atoms with E-state index in [9.17, 15) is 4.79 Å². The molecule has 0 aliphatic rings. The highest BCUT2D eigenvalue weighted by atomic mass is 35.5. The topological polar surface area (TPSA) is 38.3 Å². The van der Waals surface area contributed by atoms with Gasteiger partial charge in [0.15, 0.2) is 0 Å². The van der Waals surface area contributed by atoms with E-state index in [1.54, 1.807) is 7.11 Å². The van der Waals surface area contributed by atoms with E-state index in [2.05, 4.69) is 5.32 Å². The second-order valence-corrected chi connectivity index (χ2v) is 6.71. The molecule has 5 heteroatoms. The van der Waals surface area contributed by atoms with Crippen molar-refractivity contribution in [2.24, 2.45) is 0 Å². The van der Waals surface area contributed by atoms with Gasteiger partial charge in [0.1, 0.15) is 10.6 Å². The van der Waals surface area contributed by atoms with Gasteiger partial charge in [-0.3, -0.25) is 4.79 Å². The zero-order valence-corrected chi connectivity index (χ0v) is 14.4. The van der Waals surface area contributed by atoms with Crippen molar-refractivity contribution in [3.63, 3.8) is 0 Å². The first-order valence-corrected chi connectivity index (χ1v) is 8.37. The van der Waals surface area contributed by atoms with Gasteiger partial charge < -0.3 is 10.1 Å². The van der Waals surface area contributed by atoms with Crippen LogP contribution in [0, 0.1) is 6.92 Å². The molecule has 0 spiro atoms. The van der Waals surface area contributed by atoms with Crippen molar-refractivity contribution in [1.29, 1.82) is 0 Å². The third kappa shape index (κ3) is 3.33. The molecule has 0 saturated carbocycles. The van der Waals surface area contributed by atoms with Crippen LogP contribution in [0.1, 0.15) is 20.8 Å². The highest BCUT2D eigenvalue weighted by molar-refractivity contribution is 7.21. The van der Waals surface area contributed by atoms with Crippen LogP contribution in [0.2, 0.25) is 5.02 Å². The monoisotopic (exact) mass is 345 g/mol. The molecule has 3 rings (SSSR count). The van der Waals surface area contributed by atoms with E-state index in [-0.39, 0.29) is 5.91 Å². The van der Waals surface area contributed by atoms with Crippen molar-refractivity contribution in [3.05, 3.63) is 63.5 Å². The first-order chi connectivity index (χ1) is 11.1. The number of methoxy groups -OCH3 is 1. The van der Waals surface area contributed by atoms with Gasteiger partial charge in [-0.1, -0.05) is 41.4 Å². The Labute approximate surface area is 143 Å². The molecule has 1 heterocycles. The Kier molecular flexibility index (Phi) is 4.55. The highest BCUT2D eigenvalue weighted by Gasteiger charge is 2.17. The van der Waals surface area contributed by atoms with Crippen molar-refractivity contribution in [3.8, 4) is 5.75 Å². The van der Waals surface area contributed by atoms with E-state index in [1.165, 1.54) is 16.9 Å². The lowest BCUT2D eigenvalue weighted by atomic mass is 10.1. The van der Waals surface area contributed by atoms with Gasteiger partial charge in [0.25, 0.3) is 5.91 Å². The fraction of sp³-hybridized carbons (Fsp3) is 0.167. The van der Waals surface area contributed by atoms with Crippen LogP contribution in [0.4, 0.5) is 0 Å². The summed E-state index contributed by atoms with van der Waals surface area (Å²) >= 11 is 7.77. The molecule has 0 fully saturated rings. The van der Waals surface area contributed by atoms with Crippen LogP contribution in [0.15, 0.2) is 42.5 Å². The SMILES string of the molecule is COc1ccc2sc(C(=O)NCc3ccc(C)cc3)c(Cl)c2c1. The summed E-state index contributed by atoms with van der Waals surface area (Å²) in [7, 11) is 1.61. The fourth-order valence-electron chi connectivity index (χ4n) is 2.29. The summed E-state index contributed by atoms with van der Waals surface area (Å²) in [5.74, 6) is 0.569. The van der Waals surface area contributed by atoms with Gasteiger partial charge in [-0.15, -0.1) is 11.3 Å². The fourth-order valence-corrected chi connectivity index (χ4v) is 3.69. The van der Waals surface area contributed by atoms with Crippen LogP contribution in [-0.2, 0) is 6.54 Å². The predicted octanol–water partition coefficient (Wildman–Crippen LogP) is 4.80. The lowest BCUT2D eigenvalue weighted by Gasteiger charge is -2.04. The van der Waals surface area contributed by atoms with E-state index in [4.69, 9.17) is 16.3 Å². The molecule has 0 saturated heterocycles. The number of carbonyl (C=O) groups is 1. The van der Waals surface area contributed by atoms with Crippen LogP contribution < -0.4 is 10.1 Å². The number of halogens is 1. The molecular formula is C18H16ClNO2S. The summed E-state index contributed by atoms with van der Waals surface area (Å²) in [6.45, 7) is 2.51. The molecule has 3 nitrogen and oxygen atoms in total. The average Bonchev–Trinajstić information content (AvgIpc) is 2.90. The number of aryl methyl sites for hydroxylation is 1. The second kappa shape index (κ2) is 6.60. The third-order valence-corrected chi connectivity index (χ3v) is 5.29. The summed E-state index contributed by atoms with van der Waals surface area (Å²) in [6, 6.07) is 13.7. The number of benzene rings is 2. The van der Waals surface area contributed by atoms with Gasteiger partial charge in [-0.2, -0.15) is 0 Å². The molecule has 1 aromatic heterocycles. The molecule has 23 heavy (non-hydrogen) atoms. The van der Waals surface area contributed by atoms with E-state index in [1.807, 2.05) is 49.4 Å². The number of thiophene rings is 1. The summed E-state index contributed by atoms with van der Waals surface area (Å²) in [4.78, 5) is 12.9. The molecule has 0 aliphatic carbocycles. The van der Waals surface area contributed by atoms with Crippen molar-refractivity contribution < 1.29 is 9.53 Å². The van der Waals surface area contributed by atoms with Gasteiger partial charge in [-0.05, 0) is 30.7 Å². The molecule has 0 unspecified atom stereocenters. The Bertz CT molecular complexity index is 855. The first-order valence-electron chi connectivity index (χ1n) is 7.18. The van der Waals surface area contributed by atoms with Gasteiger partial charge in [-0.25, -0.2) is 0 Å². The Morgan fingerprint density at radius 2 is 1.96 bits per heavy atom. The summed E-state index contributed by atoms with van der Waals surface area (Å²) in [5, 5.41) is 4.24. The lowest BCUT2D eigenvalue weighted by molar-refractivity contribution is 0.0955. The van der Waals surface area contributed by atoms with Crippen LogP contribution in [0.3, 0.4) is 0 Å². The second-order valence-electron chi connectivity index (χ2n) is 5.28. The third-order valence-electron chi connectivity index (χ3n) is 3.61. The van der Waals surface area contributed by atoms with E-state index in [0.717, 1.165) is 21.4 Å². The molecule has 0 radical (unpaired) electrons. The summed E-state index contributed by atoms with van der Waals surface area (Å²) in [6.07, 6.45) is 0. The average molecular weight is 346 g/mol. The quantitative estimate of drug-likeness (QED) is 0.737. The zero-order valence-electron chi connectivity index (χ0n) is 12.9. The Morgan fingerprint density at radius 1 is 1.22 bits per heavy atom. The Morgan fingerprint density at radius 3 is 2.65 bits per heavy atom. The molecule has 1 N–H and O–H groups in total. The van der Waals surface area contributed by atoms with Crippen molar-refractivity contribution >= 4 is 38.9 Å². The minimum atomic E-state index is -0.157. The van der Waals surface area contributed by atoms with Crippen LogP contribution in [0.5, 0.6) is 5.75 Å². The Hall–Kier alpha value is -2.04. The molecule has 0 atom stereocenters. The molecule has 118 valence electrons. The Balaban J connectivity index is 1.80. The van der Waals surface area contributed by atoms with Crippen LogP contribution in [-0.4, -0.2) is 13.0 Å². The molecule has 0 aliphatic heterocycles. The van der Waals surface area contributed by atoms with Crippen molar-refractivity contribution in [2.45, 2.75) is 13.5 Å². The number of hydrogen-bond acceptors (Lipinski definition) is 3. The minimum absolute atomic E-state index is 0.157. The summed E-state index contributed by atoms with van der Waals surface area (Å²) in [5.41, 5.74) is 2.25.